The molecule has 172 valence electrons. The van der Waals surface area contributed by atoms with Crippen molar-refractivity contribution in [2.45, 2.75) is 52.8 Å². The molecule has 2 amide bonds. The molecule has 1 aromatic carbocycles. The minimum atomic E-state index is -0.522. The van der Waals surface area contributed by atoms with E-state index in [4.69, 9.17) is 16.3 Å². The van der Waals surface area contributed by atoms with Crippen molar-refractivity contribution < 1.29 is 14.3 Å². The topological polar surface area (TPSA) is 83.8 Å². The minimum absolute atomic E-state index is 0.0555. The Morgan fingerprint density at radius 3 is 2.44 bits per heavy atom. The molecule has 4 rings (SSSR count). The van der Waals surface area contributed by atoms with E-state index in [9.17, 15) is 9.59 Å². The van der Waals surface area contributed by atoms with Gasteiger partial charge in [-0.25, -0.2) is 4.79 Å². The summed E-state index contributed by atoms with van der Waals surface area (Å²) in [4.78, 5) is 30.5. The van der Waals surface area contributed by atoms with Gasteiger partial charge in [-0.05, 0) is 44.5 Å². The van der Waals surface area contributed by atoms with Crippen LogP contribution < -0.4 is 4.90 Å². The van der Waals surface area contributed by atoms with Gasteiger partial charge in [-0.2, -0.15) is 0 Å². The highest BCUT2D eigenvalue weighted by atomic mass is 35.5. The number of nitrogens with zero attached hydrogens (tertiary/aromatic N) is 6. The number of hydrogen-bond acceptors (Lipinski definition) is 6. The van der Waals surface area contributed by atoms with Crippen LogP contribution in [0.1, 0.15) is 45.5 Å². The molecule has 2 aliphatic heterocycles. The van der Waals surface area contributed by atoms with Crippen LogP contribution >= 0.6 is 11.6 Å². The molecule has 0 atom stereocenters. The van der Waals surface area contributed by atoms with Gasteiger partial charge in [0.2, 0.25) is 11.9 Å². The van der Waals surface area contributed by atoms with Crippen molar-refractivity contribution in [1.29, 1.82) is 0 Å². The maximum absolute atomic E-state index is 12.5. The highest BCUT2D eigenvalue weighted by molar-refractivity contribution is 6.30. The molecule has 1 aromatic heterocycles. The standard InChI is InChI=1S/C22H29ClN6O3/c1-5-19(30)28-13-15-12-16(23)6-7-17(15)29-18(14-28)24-25-20(29)26-8-10-27(11-9-26)21(31)32-22(2,3)4/h6-7,12H,5,8-11,13-14H2,1-4H3. The summed E-state index contributed by atoms with van der Waals surface area (Å²) in [6.07, 6.45) is 0.120. The summed E-state index contributed by atoms with van der Waals surface area (Å²) >= 11 is 6.27. The molecule has 2 aliphatic rings. The highest BCUT2D eigenvalue weighted by Gasteiger charge is 2.31. The van der Waals surface area contributed by atoms with Gasteiger partial charge in [0.05, 0.1) is 12.2 Å². The first-order valence-corrected chi connectivity index (χ1v) is 11.3. The van der Waals surface area contributed by atoms with Gasteiger partial charge in [0.25, 0.3) is 0 Å². The third-order valence-electron chi connectivity index (χ3n) is 5.56. The summed E-state index contributed by atoms with van der Waals surface area (Å²) in [5.41, 5.74) is 1.35. The molecule has 2 aromatic rings. The van der Waals surface area contributed by atoms with Crippen molar-refractivity contribution in [3.05, 3.63) is 34.6 Å². The number of anilines is 1. The van der Waals surface area contributed by atoms with E-state index in [2.05, 4.69) is 15.1 Å². The average Bonchev–Trinajstić information content (AvgIpc) is 3.07. The summed E-state index contributed by atoms with van der Waals surface area (Å²) < 4.78 is 7.51. The van der Waals surface area contributed by atoms with Crippen molar-refractivity contribution >= 4 is 29.5 Å². The summed E-state index contributed by atoms with van der Waals surface area (Å²) in [5.74, 6) is 1.47. The lowest BCUT2D eigenvalue weighted by Crippen LogP contribution is -2.50. The Kier molecular flexibility index (Phi) is 6.03. The molecule has 0 unspecified atom stereocenters. The number of fused-ring (bicyclic) bond motifs is 3. The Hall–Kier alpha value is -2.81. The predicted molar refractivity (Wildman–Crippen MR) is 121 cm³/mol. The summed E-state index contributed by atoms with van der Waals surface area (Å²) in [6, 6.07) is 5.68. The third-order valence-corrected chi connectivity index (χ3v) is 5.79. The van der Waals surface area contributed by atoms with Crippen LogP contribution in [-0.2, 0) is 22.6 Å². The van der Waals surface area contributed by atoms with Crippen LogP contribution in [-0.4, -0.2) is 68.3 Å². The van der Waals surface area contributed by atoms with Crippen LogP contribution in [0.25, 0.3) is 5.69 Å². The van der Waals surface area contributed by atoms with Crippen LogP contribution in [0.2, 0.25) is 5.02 Å². The van der Waals surface area contributed by atoms with Gasteiger partial charge in [-0.1, -0.05) is 18.5 Å². The number of hydrogen-bond donors (Lipinski definition) is 0. The molecule has 10 heteroatoms. The number of benzene rings is 1. The van der Waals surface area contributed by atoms with E-state index in [0.717, 1.165) is 11.3 Å². The molecule has 0 saturated carbocycles. The number of aromatic nitrogens is 3. The lowest BCUT2D eigenvalue weighted by molar-refractivity contribution is -0.132. The number of carbonyl (C=O) groups excluding carboxylic acids is 2. The third kappa shape index (κ3) is 4.53. The van der Waals surface area contributed by atoms with Crippen LogP contribution in [0.15, 0.2) is 18.2 Å². The molecule has 0 N–H and O–H groups in total. The second-order valence-corrected chi connectivity index (χ2v) is 9.52. The number of ether oxygens (including phenoxy) is 1. The summed E-state index contributed by atoms with van der Waals surface area (Å²) in [5, 5.41) is 9.51. The molecule has 1 fully saturated rings. The second-order valence-electron chi connectivity index (χ2n) is 9.08. The van der Waals surface area contributed by atoms with Crippen molar-refractivity contribution in [3.63, 3.8) is 0 Å². The summed E-state index contributed by atoms with van der Waals surface area (Å²) in [7, 11) is 0. The first kappa shape index (κ1) is 22.4. The Morgan fingerprint density at radius 1 is 1.06 bits per heavy atom. The molecular formula is C22H29ClN6O3. The van der Waals surface area contributed by atoms with Gasteiger partial charge in [0.1, 0.15) is 5.60 Å². The van der Waals surface area contributed by atoms with Crippen molar-refractivity contribution in [2.75, 3.05) is 31.1 Å². The van der Waals surface area contributed by atoms with Crippen LogP contribution in [0.4, 0.5) is 10.7 Å². The number of amides is 2. The zero-order chi connectivity index (χ0) is 23.0. The van der Waals surface area contributed by atoms with Crippen LogP contribution in [0, 0.1) is 0 Å². The smallest absolute Gasteiger partial charge is 0.410 e. The maximum atomic E-state index is 12.5. The first-order chi connectivity index (χ1) is 15.2. The zero-order valence-electron chi connectivity index (χ0n) is 19.0. The lowest BCUT2D eigenvalue weighted by atomic mass is 10.1. The Bertz CT molecular complexity index is 1020. The number of halogens is 1. The number of carbonyl (C=O) groups is 2. The van der Waals surface area contributed by atoms with E-state index >= 15 is 0 Å². The van der Waals surface area contributed by atoms with Gasteiger partial charge in [-0.3, -0.25) is 9.36 Å². The largest absolute Gasteiger partial charge is 0.444 e. The zero-order valence-corrected chi connectivity index (χ0v) is 19.7. The number of piperazine rings is 1. The average molecular weight is 461 g/mol. The van der Waals surface area contributed by atoms with Crippen molar-refractivity contribution in [1.82, 2.24) is 24.6 Å². The molecule has 9 nitrogen and oxygen atoms in total. The second kappa shape index (κ2) is 8.61. The van der Waals surface area contributed by atoms with Crippen LogP contribution in [0.3, 0.4) is 0 Å². The Labute approximate surface area is 192 Å². The van der Waals surface area contributed by atoms with Gasteiger partial charge in [-0.15, -0.1) is 10.2 Å². The predicted octanol–water partition coefficient (Wildman–Crippen LogP) is 3.23. The summed E-state index contributed by atoms with van der Waals surface area (Å²) in [6.45, 7) is 10.6. The Morgan fingerprint density at radius 2 is 1.78 bits per heavy atom. The fourth-order valence-corrected chi connectivity index (χ4v) is 4.20. The van der Waals surface area contributed by atoms with Crippen molar-refractivity contribution in [3.8, 4) is 5.69 Å². The normalized spacial score (nSPS) is 16.3. The van der Waals surface area contributed by atoms with Gasteiger partial charge in [0, 0.05) is 44.2 Å². The maximum Gasteiger partial charge on any atom is 0.410 e. The van der Waals surface area contributed by atoms with E-state index < -0.39 is 5.60 Å². The molecule has 32 heavy (non-hydrogen) atoms. The molecule has 0 spiro atoms. The van der Waals surface area contributed by atoms with Gasteiger partial charge >= 0.3 is 6.09 Å². The van der Waals surface area contributed by atoms with E-state index in [0.29, 0.717) is 62.5 Å². The molecule has 0 aliphatic carbocycles. The van der Waals surface area contributed by atoms with Gasteiger partial charge in [0.15, 0.2) is 5.82 Å². The van der Waals surface area contributed by atoms with Crippen LogP contribution in [0.5, 0.6) is 0 Å². The van der Waals surface area contributed by atoms with E-state index in [-0.39, 0.29) is 12.0 Å². The molecule has 3 heterocycles. The molecular weight excluding hydrogens is 432 g/mol. The molecule has 0 radical (unpaired) electrons. The minimum Gasteiger partial charge on any atom is -0.444 e. The Balaban J connectivity index is 1.61. The first-order valence-electron chi connectivity index (χ1n) is 10.9. The van der Waals surface area contributed by atoms with E-state index in [1.54, 1.807) is 9.80 Å². The highest BCUT2D eigenvalue weighted by Crippen LogP contribution is 2.31. The lowest BCUT2D eigenvalue weighted by Gasteiger charge is -2.36. The fourth-order valence-electron chi connectivity index (χ4n) is 4.01. The van der Waals surface area contributed by atoms with E-state index in [1.807, 2.05) is 50.5 Å². The quantitative estimate of drug-likeness (QED) is 0.684. The SMILES string of the molecule is CCC(=O)N1Cc2cc(Cl)ccc2-n2c(nnc2N2CCN(C(=O)OC(C)(C)C)CC2)C1. The monoisotopic (exact) mass is 460 g/mol. The van der Waals surface area contributed by atoms with Crippen molar-refractivity contribution in [2.24, 2.45) is 0 Å². The molecule has 1 saturated heterocycles. The molecule has 0 bridgehead atoms. The van der Waals surface area contributed by atoms with Gasteiger partial charge < -0.3 is 19.4 Å². The number of rotatable bonds is 2. The fraction of sp³-hybridized carbons (Fsp3) is 0.545. The van der Waals surface area contributed by atoms with E-state index in [1.165, 1.54) is 0 Å².